The molecule has 0 amide bonds. The lowest BCUT2D eigenvalue weighted by Crippen LogP contribution is -2.41. The Morgan fingerprint density at radius 2 is 2.44 bits per heavy atom. The zero-order valence-electron chi connectivity index (χ0n) is 9.78. The van der Waals surface area contributed by atoms with E-state index < -0.39 is 10.8 Å². The summed E-state index contributed by atoms with van der Waals surface area (Å²) in [6.45, 7) is 0.812. The van der Waals surface area contributed by atoms with Crippen molar-refractivity contribution in [3.63, 3.8) is 0 Å². The van der Waals surface area contributed by atoms with Gasteiger partial charge < -0.3 is 5.32 Å². The highest BCUT2D eigenvalue weighted by atomic mass is 32.2. The number of amidine groups is 1. The van der Waals surface area contributed by atoms with E-state index in [-0.39, 0.29) is 0 Å². The molecule has 0 aromatic carbocycles. The summed E-state index contributed by atoms with van der Waals surface area (Å²) in [5.74, 6) is 2.87. The second-order valence-electron chi connectivity index (χ2n) is 4.57. The van der Waals surface area contributed by atoms with Crippen LogP contribution >= 0.6 is 11.8 Å². The standard InChI is InChI=1S/C11H20N2OS2/c1-16(14)7-3-6-12-11-13-10-5-2-4-9(10)8-15-11/h9-10H,2-8H2,1H3,(H,12,13). The van der Waals surface area contributed by atoms with Crippen LogP contribution in [-0.2, 0) is 10.8 Å². The van der Waals surface area contributed by atoms with Crippen molar-refractivity contribution in [3.8, 4) is 0 Å². The molecule has 16 heavy (non-hydrogen) atoms. The van der Waals surface area contributed by atoms with Crippen molar-refractivity contribution in [2.75, 3.05) is 24.3 Å². The lowest BCUT2D eigenvalue weighted by atomic mass is 10.1. The van der Waals surface area contributed by atoms with Crippen LogP contribution in [0.15, 0.2) is 4.99 Å². The molecular formula is C11H20N2OS2. The lowest BCUT2D eigenvalue weighted by molar-refractivity contribution is 0.489. The quantitative estimate of drug-likeness (QED) is 0.781. The second-order valence-corrected chi connectivity index (χ2v) is 7.13. The number of rotatable bonds is 4. The fourth-order valence-corrected chi connectivity index (χ4v) is 4.08. The van der Waals surface area contributed by atoms with Gasteiger partial charge >= 0.3 is 0 Å². The first-order valence-electron chi connectivity index (χ1n) is 5.99. The molecule has 0 aromatic rings. The molecule has 5 heteroatoms. The van der Waals surface area contributed by atoms with E-state index in [1.165, 1.54) is 25.0 Å². The molecule has 0 spiro atoms. The molecule has 1 saturated carbocycles. The average Bonchev–Trinajstić information content (AvgIpc) is 2.71. The maximum Gasteiger partial charge on any atom is 0.156 e. The van der Waals surface area contributed by atoms with Gasteiger partial charge in [-0.05, 0) is 25.2 Å². The van der Waals surface area contributed by atoms with Gasteiger partial charge in [0.1, 0.15) is 0 Å². The highest BCUT2D eigenvalue weighted by molar-refractivity contribution is 8.13. The van der Waals surface area contributed by atoms with Crippen molar-refractivity contribution in [3.05, 3.63) is 0 Å². The summed E-state index contributed by atoms with van der Waals surface area (Å²) < 4.78 is 10.9. The number of fused-ring (bicyclic) bond motifs is 1. The van der Waals surface area contributed by atoms with Gasteiger partial charge in [-0.1, -0.05) is 18.2 Å². The van der Waals surface area contributed by atoms with Crippen molar-refractivity contribution in [2.45, 2.75) is 31.7 Å². The predicted molar refractivity (Wildman–Crippen MR) is 72.6 cm³/mol. The zero-order valence-corrected chi connectivity index (χ0v) is 11.4. The van der Waals surface area contributed by atoms with Crippen molar-refractivity contribution in [1.82, 2.24) is 5.32 Å². The molecule has 0 bridgehead atoms. The summed E-state index contributed by atoms with van der Waals surface area (Å²) >= 11 is 1.86. The van der Waals surface area contributed by atoms with Crippen LogP contribution in [0.1, 0.15) is 25.7 Å². The first-order chi connectivity index (χ1) is 7.75. The number of nitrogens with one attached hydrogen (secondary N) is 1. The minimum atomic E-state index is -0.673. The summed E-state index contributed by atoms with van der Waals surface area (Å²) in [7, 11) is -0.673. The van der Waals surface area contributed by atoms with Crippen molar-refractivity contribution >= 4 is 27.7 Å². The van der Waals surface area contributed by atoms with E-state index in [2.05, 4.69) is 10.3 Å². The smallest absolute Gasteiger partial charge is 0.156 e. The molecule has 92 valence electrons. The molecule has 3 atom stereocenters. The topological polar surface area (TPSA) is 41.5 Å². The average molecular weight is 260 g/mol. The molecule has 1 aliphatic carbocycles. The molecule has 1 aliphatic heterocycles. The number of thioether (sulfide) groups is 1. The molecular weight excluding hydrogens is 240 g/mol. The van der Waals surface area contributed by atoms with E-state index in [0.717, 1.165) is 29.8 Å². The van der Waals surface area contributed by atoms with Crippen LogP contribution in [0.2, 0.25) is 0 Å². The molecule has 1 N–H and O–H groups in total. The van der Waals surface area contributed by atoms with Gasteiger partial charge in [0.15, 0.2) is 5.17 Å². The highest BCUT2D eigenvalue weighted by Gasteiger charge is 2.31. The predicted octanol–water partition coefficient (Wildman–Crippen LogP) is 1.62. The summed E-state index contributed by atoms with van der Waals surface area (Å²) in [5.41, 5.74) is 0. The largest absolute Gasteiger partial charge is 0.362 e. The van der Waals surface area contributed by atoms with Crippen LogP contribution in [-0.4, -0.2) is 39.7 Å². The van der Waals surface area contributed by atoms with Crippen LogP contribution in [0.3, 0.4) is 0 Å². The van der Waals surface area contributed by atoms with Crippen LogP contribution in [0.25, 0.3) is 0 Å². The van der Waals surface area contributed by atoms with E-state index in [0.29, 0.717) is 6.04 Å². The van der Waals surface area contributed by atoms with Crippen LogP contribution in [0.4, 0.5) is 0 Å². The van der Waals surface area contributed by atoms with Gasteiger partial charge in [0.2, 0.25) is 0 Å². The Morgan fingerprint density at radius 3 is 3.25 bits per heavy atom. The van der Waals surface area contributed by atoms with Crippen molar-refractivity contribution in [2.24, 2.45) is 10.9 Å². The van der Waals surface area contributed by atoms with E-state index >= 15 is 0 Å². The Labute approximate surface area is 104 Å². The van der Waals surface area contributed by atoms with Gasteiger partial charge in [0.05, 0.1) is 0 Å². The van der Waals surface area contributed by atoms with E-state index in [4.69, 9.17) is 0 Å². The minimum Gasteiger partial charge on any atom is -0.362 e. The minimum absolute atomic E-state index is 0.673. The fourth-order valence-electron chi connectivity index (χ4n) is 2.35. The molecule has 3 nitrogen and oxygen atoms in total. The third kappa shape index (κ3) is 3.48. The molecule has 0 aromatic heterocycles. The molecule has 2 rings (SSSR count). The number of hydrogen-bond acceptors (Lipinski definition) is 3. The third-order valence-corrected chi connectivity index (χ3v) is 5.23. The molecule has 3 unspecified atom stereocenters. The van der Waals surface area contributed by atoms with Gasteiger partial charge in [-0.15, -0.1) is 0 Å². The SMILES string of the molecule is CS(=O)CCCN=C1NC2CCCC2CS1. The van der Waals surface area contributed by atoms with Gasteiger partial charge in [0, 0.05) is 41.1 Å². The summed E-state index contributed by atoms with van der Waals surface area (Å²) in [4.78, 5) is 4.55. The highest BCUT2D eigenvalue weighted by Crippen LogP contribution is 2.32. The van der Waals surface area contributed by atoms with Gasteiger partial charge in [-0.25, -0.2) is 0 Å². The molecule has 2 aliphatic rings. The second kappa shape index (κ2) is 6.05. The van der Waals surface area contributed by atoms with Crippen LogP contribution in [0.5, 0.6) is 0 Å². The number of hydrogen-bond donors (Lipinski definition) is 1. The Kier molecular flexibility index (Phi) is 4.70. The van der Waals surface area contributed by atoms with Crippen LogP contribution < -0.4 is 5.32 Å². The monoisotopic (exact) mass is 260 g/mol. The van der Waals surface area contributed by atoms with Gasteiger partial charge in [-0.2, -0.15) is 0 Å². The van der Waals surface area contributed by atoms with E-state index in [9.17, 15) is 4.21 Å². The Morgan fingerprint density at radius 1 is 1.56 bits per heavy atom. The van der Waals surface area contributed by atoms with Crippen molar-refractivity contribution < 1.29 is 4.21 Å². The molecule has 1 heterocycles. The normalized spacial score (nSPS) is 33.4. The summed E-state index contributed by atoms with van der Waals surface area (Å²) in [6.07, 6.45) is 6.74. The van der Waals surface area contributed by atoms with Crippen molar-refractivity contribution in [1.29, 1.82) is 0 Å². The first-order valence-corrected chi connectivity index (χ1v) is 8.71. The lowest BCUT2D eigenvalue weighted by Gasteiger charge is -2.28. The van der Waals surface area contributed by atoms with E-state index in [1.807, 2.05) is 11.8 Å². The molecule has 2 fully saturated rings. The Hall–Kier alpha value is -0.0300. The molecule has 0 radical (unpaired) electrons. The Balaban J connectivity index is 1.73. The number of aliphatic imine (C=N–C) groups is 1. The summed E-state index contributed by atoms with van der Waals surface area (Å²) in [6, 6.07) is 0.681. The third-order valence-electron chi connectivity index (χ3n) is 3.25. The molecule has 1 saturated heterocycles. The fraction of sp³-hybridized carbons (Fsp3) is 0.909. The van der Waals surface area contributed by atoms with Gasteiger partial charge in [0.25, 0.3) is 0 Å². The number of nitrogens with zero attached hydrogens (tertiary/aromatic N) is 1. The maximum atomic E-state index is 10.9. The van der Waals surface area contributed by atoms with Crippen LogP contribution in [0, 0.1) is 5.92 Å². The van der Waals surface area contributed by atoms with Gasteiger partial charge in [-0.3, -0.25) is 9.20 Å². The summed E-state index contributed by atoms with van der Waals surface area (Å²) in [5, 5.41) is 4.66. The zero-order chi connectivity index (χ0) is 11.4. The van der Waals surface area contributed by atoms with E-state index in [1.54, 1.807) is 6.26 Å². The Bertz CT molecular complexity index is 294. The maximum absolute atomic E-state index is 10.9. The first kappa shape index (κ1) is 12.4.